The van der Waals surface area contributed by atoms with Gasteiger partial charge in [0.2, 0.25) is 0 Å². The third-order valence-corrected chi connectivity index (χ3v) is 4.45. The predicted molar refractivity (Wildman–Crippen MR) is 85.8 cm³/mol. The molecule has 0 radical (unpaired) electrons. The lowest BCUT2D eigenvalue weighted by atomic mass is 10.2. The lowest BCUT2D eigenvalue weighted by Crippen LogP contribution is -3.00. The van der Waals surface area contributed by atoms with Crippen molar-refractivity contribution in [2.24, 2.45) is 7.05 Å². The minimum absolute atomic E-state index is 0. The molecule has 0 saturated carbocycles. The second-order valence-electron chi connectivity index (χ2n) is 4.63. The molecule has 4 nitrogen and oxygen atoms in total. The summed E-state index contributed by atoms with van der Waals surface area (Å²) in [7, 11) is 3.87. The number of esters is 1. The van der Waals surface area contributed by atoms with E-state index >= 15 is 0 Å². The summed E-state index contributed by atoms with van der Waals surface area (Å²) in [6.07, 6.45) is 0. The van der Waals surface area contributed by atoms with Gasteiger partial charge in [0.1, 0.15) is 5.69 Å². The van der Waals surface area contributed by atoms with Gasteiger partial charge < -0.3 is 21.7 Å². The van der Waals surface area contributed by atoms with Crippen molar-refractivity contribution in [1.82, 2.24) is 0 Å². The van der Waals surface area contributed by atoms with Gasteiger partial charge in [-0.3, -0.25) is 0 Å². The predicted octanol–water partition coefficient (Wildman–Crippen LogP) is -0.104. The molecule has 7 heteroatoms. The summed E-state index contributed by atoms with van der Waals surface area (Å²) < 4.78 is 7.04. The molecule has 0 spiro atoms. The monoisotopic (exact) mass is 404 g/mol. The van der Waals surface area contributed by atoms with Gasteiger partial charge in [0.15, 0.2) is 6.54 Å². The Kier molecular flexibility index (Phi) is 7.32. The van der Waals surface area contributed by atoms with Gasteiger partial charge in [0.05, 0.1) is 20.7 Å². The normalized spacial score (nSPS) is 10.0. The molecule has 2 rings (SSSR count). The highest BCUT2D eigenvalue weighted by Crippen LogP contribution is 2.25. The summed E-state index contributed by atoms with van der Waals surface area (Å²) >= 11 is 7.51. The molecule has 0 aliphatic rings. The molecule has 0 bridgehead atoms. The van der Waals surface area contributed by atoms with Gasteiger partial charge in [-0.15, -0.1) is 0 Å². The van der Waals surface area contributed by atoms with Gasteiger partial charge >= 0.3 is 11.1 Å². The molecule has 2 aromatic rings. The topological polar surface area (TPSA) is 33.4 Å². The lowest BCUT2D eigenvalue weighted by Gasteiger charge is -2.10. The fourth-order valence-corrected chi connectivity index (χ4v) is 3.20. The van der Waals surface area contributed by atoms with Gasteiger partial charge in [-0.05, 0) is 31.2 Å². The number of hydrogen-bond acceptors (Lipinski definition) is 4. The minimum atomic E-state index is -0.221. The Bertz CT molecular complexity index is 631. The molecule has 0 unspecified atom stereocenters. The first kappa shape index (κ1) is 18.9. The van der Waals surface area contributed by atoms with Crippen LogP contribution in [0.15, 0.2) is 29.6 Å². The van der Waals surface area contributed by atoms with Crippen molar-refractivity contribution in [1.29, 1.82) is 0 Å². The number of benzene rings is 1. The molecule has 1 heterocycles. The second-order valence-corrected chi connectivity index (χ2v) is 5.90. The summed E-state index contributed by atoms with van der Waals surface area (Å²) in [5.74, 6) is -0.221. The number of anilines is 1. The van der Waals surface area contributed by atoms with Gasteiger partial charge in [-0.1, -0.05) is 22.9 Å². The van der Waals surface area contributed by atoms with Crippen molar-refractivity contribution in [2.45, 2.75) is 6.92 Å². The summed E-state index contributed by atoms with van der Waals surface area (Å²) in [5, 5.41) is 3.78. The van der Waals surface area contributed by atoms with E-state index in [0.29, 0.717) is 6.61 Å². The van der Waals surface area contributed by atoms with E-state index in [0.717, 1.165) is 21.4 Å². The molecule has 0 fully saturated rings. The average molecular weight is 406 g/mol. The van der Waals surface area contributed by atoms with Crippen molar-refractivity contribution in [2.75, 3.05) is 25.1 Å². The zero-order valence-electron chi connectivity index (χ0n) is 12.7. The Labute approximate surface area is 150 Å². The zero-order valence-corrected chi connectivity index (χ0v) is 15.8. The van der Waals surface area contributed by atoms with E-state index in [4.69, 9.17) is 16.3 Å². The van der Waals surface area contributed by atoms with E-state index in [9.17, 15) is 4.79 Å². The molecular weight excluding hydrogens is 388 g/mol. The molecular formula is C15H18BrClN2O2S. The Morgan fingerprint density at radius 1 is 1.36 bits per heavy atom. The summed E-state index contributed by atoms with van der Waals surface area (Å²) in [5.41, 5.74) is 2.18. The molecule has 0 amide bonds. The Hall–Kier alpha value is -1.11. The van der Waals surface area contributed by atoms with Crippen LogP contribution < -0.4 is 26.4 Å². The largest absolute Gasteiger partial charge is 1.00 e. The highest BCUT2D eigenvalue weighted by molar-refractivity contribution is 7.13. The number of hydrogen-bond donors (Lipinski definition) is 0. The first-order valence-electron chi connectivity index (χ1n) is 6.63. The third kappa shape index (κ3) is 4.44. The summed E-state index contributed by atoms with van der Waals surface area (Å²) in [6.45, 7) is 2.45. The number of nitrogens with zero attached hydrogens (tertiary/aromatic N) is 2. The molecule has 1 aromatic carbocycles. The quantitative estimate of drug-likeness (QED) is 0.514. The van der Waals surface area contributed by atoms with E-state index in [1.54, 1.807) is 11.3 Å². The van der Waals surface area contributed by atoms with Crippen molar-refractivity contribution < 1.29 is 31.1 Å². The number of thiazole rings is 1. The molecule has 120 valence electrons. The van der Waals surface area contributed by atoms with E-state index in [2.05, 4.69) is 9.95 Å². The highest BCUT2D eigenvalue weighted by atomic mass is 79.9. The molecule has 0 atom stereocenters. The SMILES string of the molecule is CCOC(=O)CN(C)c1scc(-c2ccc(Cl)cc2)[n+]1C.[Br-]. The van der Waals surface area contributed by atoms with Gasteiger partial charge in [-0.2, -0.15) is 0 Å². The van der Waals surface area contributed by atoms with Crippen molar-refractivity contribution in [3.8, 4) is 11.3 Å². The van der Waals surface area contributed by atoms with Crippen LogP contribution in [-0.2, 0) is 16.6 Å². The average Bonchev–Trinajstić information content (AvgIpc) is 2.82. The lowest BCUT2D eigenvalue weighted by molar-refractivity contribution is -0.643. The number of carbonyl (C=O) groups is 1. The maximum Gasteiger partial charge on any atom is 0.348 e. The van der Waals surface area contributed by atoms with Crippen LogP contribution >= 0.6 is 22.9 Å². The van der Waals surface area contributed by atoms with E-state index in [1.165, 1.54) is 0 Å². The molecule has 22 heavy (non-hydrogen) atoms. The third-order valence-electron chi connectivity index (χ3n) is 3.06. The molecule has 1 aromatic heterocycles. The molecule has 0 aliphatic carbocycles. The fourth-order valence-electron chi connectivity index (χ4n) is 2.07. The number of halogens is 2. The summed E-state index contributed by atoms with van der Waals surface area (Å²) in [4.78, 5) is 13.5. The fraction of sp³-hybridized carbons (Fsp3) is 0.333. The Morgan fingerprint density at radius 2 is 2.00 bits per heavy atom. The maximum absolute atomic E-state index is 11.6. The number of rotatable bonds is 5. The van der Waals surface area contributed by atoms with Crippen LogP contribution in [0, 0.1) is 0 Å². The van der Waals surface area contributed by atoms with Crippen LogP contribution in [0.4, 0.5) is 5.13 Å². The smallest absolute Gasteiger partial charge is 0.348 e. The van der Waals surface area contributed by atoms with Crippen LogP contribution in [0.2, 0.25) is 5.02 Å². The van der Waals surface area contributed by atoms with Gasteiger partial charge in [-0.25, -0.2) is 14.3 Å². The minimum Gasteiger partial charge on any atom is -1.00 e. The van der Waals surface area contributed by atoms with Crippen LogP contribution in [0.3, 0.4) is 0 Å². The molecule has 0 N–H and O–H groups in total. The standard InChI is InChI=1S/C15H18ClN2O2S.BrH/c1-4-20-14(19)9-17(2)15-18(3)13(10-21-15)11-5-7-12(16)8-6-11;/h5-8,10H,4,9H2,1-3H3;1H/q+1;/p-1. The van der Waals surface area contributed by atoms with Gasteiger partial charge in [0, 0.05) is 16.0 Å². The Balaban J connectivity index is 0.00000242. The van der Waals surface area contributed by atoms with Crippen LogP contribution in [0.5, 0.6) is 0 Å². The van der Waals surface area contributed by atoms with Crippen LogP contribution in [0.25, 0.3) is 11.3 Å². The number of aromatic nitrogens is 1. The van der Waals surface area contributed by atoms with E-state index in [-0.39, 0.29) is 29.5 Å². The number of ether oxygens (including phenoxy) is 1. The van der Waals surface area contributed by atoms with E-state index < -0.39 is 0 Å². The molecule has 0 aliphatic heterocycles. The van der Waals surface area contributed by atoms with Crippen LogP contribution in [-0.4, -0.2) is 26.2 Å². The summed E-state index contributed by atoms with van der Waals surface area (Å²) in [6, 6.07) is 7.71. The van der Waals surface area contributed by atoms with E-state index in [1.807, 2.05) is 50.2 Å². The maximum atomic E-state index is 11.6. The van der Waals surface area contributed by atoms with Crippen molar-refractivity contribution in [3.63, 3.8) is 0 Å². The first-order chi connectivity index (χ1) is 10.0. The first-order valence-corrected chi connectivity index (χ1v) is 7.89. The highest BCUT2D eigenvalue weighted by Gasteiger charge is 2.22. The molecule has 0 saturated heterocycles. The number of likely N-dealkylation sites (N-methyl/N-ethyl adjacent to an activating group) is 1. The van der Waals surface area contributed by atoms with Crippen molar-refractivity contribution in [3.05, 3.63) is 34.7 Å². The van der Waals surface area contributed by atoms with Gasteiger partial charge in [0.25, 0.3) is 0 Å². The van der Waals surface area contributed by atoms with Crippen LogP contribution in [0.1, 0.15) is 6.92 Å². The Morgan fingerprint density at radius 3 is 2.59 bits per heavy atom. The zero-order chi connectivity index (χ0) is 15.4. The number of carbonyl (C=O) groups excluding carboxylic acids is 1. The van der Waals surface area contributed by atoms with Crippen molar-refractivity contribution >= 4 is 34.0 Å². The second kappa shape index (κ2) is 8.50.